The molecule has 7 nitrogen and oxygen atoms in total. The molecule has 0 aliphatic carbocycles. The zero-order chi connectivity index (χ0) is 19.8. The molecule has 1 atom stereocenters. The number of hydrogen-bond acceptors (Lipinski definition) is 5. The Balaban J connectivity index is 2.07. The standard InChI is InChI=1S/C19H20FN5O2/c1-18(2,3)27-17(26)23-16-14-10-22-15(9-21)25(14)11-19(4,24-16)12-7-5-6-8-13(12)20/h5-8,10H,11H2,1-4H3,(H,23,24,26)/t19-/m0/s1. The number of aromatic nitrogens is 2. The van der Waals surface area contributed by atoms with Crippen molar-refractivity contribution in [3.63, 3.8) is 0 Å². The van der Waals surface area contributed by atoms with Gasteiger partial charge in [-0.15, -0.1) is 0 Å². The molecule has 1 aromatic heterocycles. The third-order valence-electron chi connectivity index (χ3n) is 4.10. The van der Waals surface area contributed by atoms with Crippen LogP contribution in [0, 0.1) is 17.1 Å². The first-order valence-corrected chi connectivity index (χ1v) is 8.44. The van der Waals surface area contributed by atoms with Crippen LogP contribution in [0.15, 0.2) is 35.5 Å². The molecular formula is C19H20FN5O2. The van der Waals surface area contributed by atoms with Gasteiger partial charge in [0.1, 0.15) is 28.7 Å². The number of nitrogens with zero attached hydrogens (tertiary/aromatic N) is 4. The van der Waals surface area contributed by atoms with Crippen molar-refractivity contribution in [2.45, 2.75) is 45.4 Å². The third kappa shape index (κ3) is 3.67. The minimum Gasteiger partial charge on any atom is -0.444 e. The Bertz CT molecular complexity index is 967. The Hall–Kier alpha value is -3.21. The molecule has 0 bridgehead atoms. The molecule has 27 heavy (non-hydrogen) atoms. The van der Waals surface area contributed by atoms with Crippen molar-refractivity contribution >= 4 is 11.9 Å². The lowest BCUT2D eigenvalue weighted by molar-refractivity contribution is 0.0562. The van der Waals surface area contributed by atoms with Gasteiger partial charge in [-0.25, -0.2) is 14.2 Å². The van der Waals surface area contributed by atoms with E-state index in [0.717, 1.165) is 0 Å². The highest BCUT2D eigenvalue weighted by Gasteiger charge is 2.37. The molecule has 0 radical (unpaired) electrons. The van der Waals surface area contributed by atoms with Gasteiger partial charge >= 0.3 is 6.09 Å². The van der Waals surface area contributed by atoms with Gasteiger partial charge in [-0.2, -0.15) is 5.26 Å². The van der Waals surface area contributed by atoms with E-state index < -0.39 is 23.1 Å². The smallest absolute Gasteiger partial charge is 0.413 e. The van der Waals surface area contributed by atoms with Gasteiger partial charge in [-0.05, 0) is 33.8 Å². The van der Waals surface area contributed by atoms with Gasteiger partial charge in [0.15, 0.2) is 5.84 Å². The first-order valence-electron chi connectivity index (χ1n) is 8.44. The summed E-state index contributed by atoms with van der Waals surface area (Å²) in [4.78, 5) is 20.9. The number of ether oxygens (including phenoxy) is 1. The van der Waals surface area contributed by atoms with Gasteiger partial charge in [-0.3, -0.25) is 10.3 Å². The van der Waals surface area contributed by atoms with Gasteiger partial charge < -0.3 is 9.30 Å². The third-order valence-corrected chi connectivity index (χ3v) is 4.10. The summed E-state index contributed by atoms with van der Waals surface area (Å²) in [5.41, 5.74) is -0.899. The number of benzene rings is 1. The average molecular weight is 369 g/mol. The molecule has 1 aromatic carbocycles. The summed E-state index contributed by atoms with van der Waals surface area (Å²) in [6.45, 7) is 7.20. The monoisotopic (exact) mass is 369 g/mol. The number of carbonyl (C=O) groups is 1. The Kier molecular flexibility index (Phi) is 4.47. The minimum atomic E-state index is -1.03. The van der Waals surface area contributed by atoms with Crippen LogP contribution in [0.2, 0.25) is 0 Å². The van der Waals surface area contributed by atoms with E-state index in [0.29, 0.717) is 11.3 Å². The van der Waals surface area contributed by atoms with E-state index in [9.17, 15) is 14.4 Å². The van der Waals surface area contributed by atoms with E-state index >= 15 is 0 Å². The van der Waals surface area contributed by atoms with Crippen LogP contribution in [0.5, 0.6) is 0 Å². The number of rotatable bonds is 1. The van der Waals surface area contributed by atoms with Crippen LogP contribution < -0.4 is 5.32 Å². The fourth-order valence-corrected chi connectivity index (χ4v) is 3.00. The lowest BCUT2D eigenvalue weighted by atomic mass is 9.90. The number of halogens is 1. The van der Waals surface area contributed by atoms with Gasteiger partial charge in [0.25, 0.3) is 0 Å². The average Bonchev–Trinajstić information content (AvgIpc) is 2.96. The molecule has 1 aliphatic rings. The topological polar surface area (TPSA) is 92.3 Å². The highest BCUT2D eigenvalue weighted by atomic mass is 19.1. The predicted octanol–water partition coefficient (Wildman–Crippen LogP) is 3.09. The maximum absolute atomic E-state index is 14.4. The number of carbonyl (C=O) groups excluding carboxylic acids is 1. The fraction of sp³-hybridized carbons (Fsp3) is 0.368. The first-order chi connectivity index (χ1) is 12.6. The van der Waals surface area contributed by atoms with Crippen molar-refractivity contribution in [1.82, 2.24) is 14.9 Å². The number of fused-ring (bicyclic) bond motifs is 1. The molecule has 140 valence electrons. The molecule has 8 heteroatoms. The summed E-state index contributed by atoms with van der Waals surface area (Å²) < 4.78 is 21.3. The molecule has 0 fully saturated rings. The van der Waals surface area contributed by atoms with Crippen LogP contribution in [-0.2, 0) is 16.8 Å². The highest BCUT2D eigenvalue weighted by molar-refractivity contribution is 6.06. The summed E-state index contributed by atoms with van der Waals surface area (Å²) in [7, 11) is 0. The quantitative estimate of drug-likeness (QED) is 0.836. The second-order valence-corrected chi connectivity index (χ2v) is 7.51. The van der Waals surface area contributed by atoms with Crippen molar-refractivity contribution < 1.29 is 13.9 Å². The molecular weight excluding hydrogens is 349 g/mol. The van der Waals surface area contributed by atoms with Crippen LogP contribution in [0.4, 0.5) is 9.18 Å². The molecule has 1 N–H and O–H groups in total. The lowest BCUT2D eigenvalue weighted by Crippen LogP contribution is -2.43. The van der Waals surface area contributed by atoms with Crippen LogP contribution in [-0.4, -0.2) is 27.1 Å². The molecule has 2 heterocycles. The number of amides is 1. The van der Waals surface area contributed by atoms with Gasteiger partial charge in [0, 0.05) is 5.56 Å². The van der Waals surface area contributed by atoms with Crippen molar-refractivity contribution in [3.05, 3.63) is 53.4 Å². The van der Waals surface area contributed by atoms with Crippen LogP contribution in [0.1, 0.15) is 44.8 Å². The molecule has 0 spiro atoms. The van der Waals surface area contributed by atoms with E-state index in [1.165, 1.54) is 12.3 Å². The molecule has 0 saturated heterocycles. The van der Waals surface area contributed by atoms with Crippen molar-refractivity contribution in [1.29, 1.82) is 5.26 Å². The number of nitrogens with one attached hydrogen (secondary N) is 1. The number of amidine groups is 1. The van der Waals surface area contributed by atoms with Crippen LogP contribution >= 0.6 is 0 Å². The van der Waals surface area contributed by atoms with Crippen LogP contribution in [0.3, 0.4) is 0 Å². The van der Waals surface area contributed by atoms with Crippen molar-refractivity contribution in [2.24, 2.45) is 4.99 Å². The summed E-state index contributed by atoms with van der Waals surface area (Å²) >= 11 is 0. The second-order valence-electron chi connectivity index (χ2n) is 7.51. The molecule has 2 aromatic rings. The number of aliphatic imine (C=N–C) groups is 1. The summed E-state index contributed by atoms with van der Waals surface area (Å²) in [5.74, 6) is -0.0800. The Morgan fingerprint density at radius 1 is 1.41 bits per heavy atom. The Morgan fingerprint density at radius 3 is 2.74 bits per heavy atom. The summed E-state index contributed by atoms with van der Waals surface area (Å²) in [5, 5.41) is 11.9. The van der Waals surface area contributed by atoms with E-state index in [1.54, 1.807) is 50.5 Å². The SMILES string of the molecule is CC(C)(C)OC(=O)NC1=N[C@](C)(c2ccccc2F)Cn2c1cnc2C#N. The molecule has 3 rings (SSSR count). The van der Waals surface area contributed by atoms with Gasteiger partial charge in [-0.1, -0.05) is 18.2 Å². The van der Waals surface area contributed by atoms with E-state index in [-0.39, 0.29) is 18.2 Å². The Morgan fingerprint density at radius 2 is 2.11 bits per heavy atom. The van der Waals surface area contributed by atoms with Crippen LogP contribution in [0.25, 0.3) is 0 Å². The Labute approximate surface area is 156 Å². The number of alkyl carbamates (subject to hydrolysis) is 1. The fourth-order valence-electron chi connectivity index (χ4n) is 3.00. The lowest BCUT2D eigenvalue weighted by Gasteiger charge is -2.33. The zero-order valence-electron chi connectivity index (χ0n) is 15.6. The normalized spacial score (nSPS) is 18.9. The van der Waals surface area contributed by atoms with Gasteiger partial charge in [0.05, 0.1) is 12.7 Å². The molecule has 1 aliphatic heterocycles. The van der Waals surface area contributed by atoms with E-state index in [4.69, 9.17) is 4.74 Å². The molecule has 0 unspecified atom stereocenters. The van der Waals surface area contributed by atoms with E-state index in [1.807, 2.05) is 6.07 Å². The molecule has 1 amide bonds. The highest BCUT2D eigenvalue weighted by Crippen LogP contribution is 2.34. The zero-order valence-corrected chi connectivity index (χ0v) is 15.6. The second kappa shape index (κ2) is 6.50. The molecule has 0 saturated carbocycles. The maximum atomic E-state index is 14.4. The minimum absolute atomic E-state index is 0.158. The van der Waals surface area contributed by atoms with E-state index in [2.05, 4.69) is 15.3 Å². The van der Waals surface area contributed by atoms with Crippen molar-refractivity contribution in [3.8, 4) is 6.07 Å². The number of hydrogen-bond donors (Lipinski definition) is 1. The first kappa shape index (κ1) is 18.6. The summed E-state index contributed by atoms with van der Waals surface area (Å²) in [6.07, 6.45) is 0.765. The summed E-state index contributed by atoms with van der Waals surface area (Å²) in [6, 6.07) is 8.31. The number of imidazole rings is 1. The van der Waals surface area contributed by atoms with Crippen molar-refractivity contribution in [2.75, 3.05) is 0 Å². The predicted molar refractivity (Wildman–Crippen MR) is 96.6 cm³/mol. The maximum Gasteiger partial charge on any atom is 0.413 e. The number of nitriles is 1. The van der Waals surface area contributed by atoms with Gasteiger partial charge in [0.2, 0.25) is 5.82 Å². The largest absolute Gasteiger partial charge is 0.444 e.